The van der Waals surface area contributed by atoms with Crippen molar-refractivity contribution >= 4 is 33.0 Å². The molecule has 5 rings (SSSR count). The standard InChI is InChI=1S/C28H26ClF2NO4S/c1-28(34)17-7-8-18(28)12-20(11-17)37(35,36)26-15-22(21(14-23(26)29)16-5-3-2-4-6-16)27(33)32-19-9-10-24(30)25(31)13-19/h2-6,9-10,13-15,17-18,20,34H,7-8,11-12H2,1H3,(H,32,33)/t17-,18?,20?,28?/m1/s1. The molecular weight excluding hydrogens is 520 g/mol. The van der Waals surface area contributed by atoms with E-state index in [4.69, 9.17) is 11.6 Å². The van der Waals surface area contributed by atoms with Crippen LogP contribution in [0.15, 0.2) is 65.6 Å². The lowest BCUT2D eigenvalue weighted by molar-refractivity contribution is -0.0413. The maximum Gasteiger partial charge on any atom is 0.256 e. The number of aliphatic hydroxyl groups is 1. The zero-order valence-electron chi connectivity index (χ0n) is 20.0. The van der Waals surface area contributed by atoms with Crippen LogP contribution in [-0.4, -0.2) is 30.3 Å². The van der Waals surface area contributed by atoms with Gasteiger partial charge in [0.05, 0.1) is 20.8 Å². The molecule has 37 heavy (non-hydrogen) atoms. The quantitative estimate of drug-likeness (QED) is 0.397. The second kappa shape index (κ2) is 9.49. The van der Waals surface area contributed by atoms with Crippen molar-refractivity contribution in [2.75, 3.05) is 5.32 Å². The summed E-state index contributed by atoms with van der Waals surface area (Å²) in [6.07, 6.45) is 2.18. The van der Waals surface area contributed by atoms with Gasteiger partial charge in [0.2, 0.25) is 0 Å². The Kier molecular flexibility index (Phi) is 6.63. The fraction of sp³-hybridized carbons (Fsp3) is 0.321. The molecule has 3 aromatic rings. The Bertz CT molecular complexity index is 1460. The van der Waals surface area contributed by atoms with Gasteiger partial charge in [0.25, 0.3) is 5.91 Å². The second-order valence-corrected chi connectivity index (χ2v) is 12.7. The van der Waals surface area contributed by atoms with Crippen LogP contribution in [0.4, 0.5) is 14.5 Å². The summed E-state index contributed by atoms with van der Waals surface area (Å²) in [4.78, 5) is 13.2. The van der Waals surface area contributed by atoms with Crippen molar-refractivity contribution in [3.05, 3.63) is 82.9 Å². The van der Waals surface area contributed by atoms with E-state index in [0.717, 1.165) is 25.0 Å². The number of sulfone groups is 1. The van der Waals surface area contributed by atoms with Crippen LogP contribution in [0, 0.1) is 23.5 Å². The molecule has 2 saturated carbocycles. The maximum atomic E-state index is 13.8. The molecule has 0 aliphatic heterocycles. The molecule has 4 atom stereocenters. The summed E-state index contributed by atoms with van der Waals surface area (Å²) < 4.78 is 54.7. The number of benzene rings is 3. The van der Waals surface area contributed by atoms with E-state index in [-0.39, 0.29) is 33.0 Å². The first-order chi connectivity index (χ1) is 17.5. The molecule has 3 unspecified atom stereocenters. The number of amides is 1. The summed E-state index contributed by atoms with van der Waals surface area (Å²) in [5.74, 6) is -3.11. The van der Waals surface area contributed by atoms with E-state index in [1.54, 1.807) is 37.3 Å². The van der Waals surface area contributed by atoms with Crippen molar-refractivity contribution in [1.82, 2.24) is 0 Å². The minimum atomic E-state index is -3.94. The SMILES string of the molecule is CC1(O)C2CC[C@@H]1CC(S(=O)(=O)c1cc(C(=O)Nc3ccc(F)c(F)c3)c(-c3ccccc3)cc1Cl)C2. The third-order valence-corrected chi connectivity index (χ3v) is 10.6. The maximum absolute atomic E-state index is 13.8. The fourth-order valence-corrected chi connectivity index (χ4v) is 8.21. The van der Waals surface area contributed by atoms with E-state index in [0.29, 0.717) is 24.0 Å². The molecule has 1 amide bonds. The van der Waals surface area contributed by atoms with Crippen molar-refractivity contribution in [1.29, 1.82) is 0 Å². The van der Waals surface area contributed by atoms with Gasteiger partial charge in [-0.3, -0.25) is 4.79 Å². The summed E-state index contributed by atoms with van der Waals surface area (Å²) >= 11 is 6.55. The fourth-order valence-electron chi connectivity index (χ4n) is 5.79. The number of halogens is 3. The highest BCUT2D eigenvalue weighted by Crippen LogP contribution is 2.52. The first-order valence-corrected chi connectivity index (χ1v) is 14.0. The average Bonchev–Trinajstić information content (AvgIpc) is 3.02. The van der Waals surface area contributed by atoms with E-state index in [9.17, 15) is 27.1 Å². The van der Waals surface area contributed by atoms with Crippen molar-refractivity contribution in [3.63, 3.8) is 0 Å². The first-order valence-electron chi connectivity index (χ1n) is 12.1. The van der Waals surface area contributed by atoms with Crippen molar-refractivity contribution < 1.29 is 27.1 Å². The molecule has 0 radical (unpaired) electrons. The zero-order chi connectivity index (χ0) is 26.5. The predicted molar refractivity (Wildman–Crippen MR) is 138 cm³/mol. The molecule has 3 aromatic carbocycles. The lowest BCUT2D eigenvalue weighted by atomic mass is 9.76. The summed E-state index contributed by atoms with van der Waals surface area (Å²) in [5, 5.41) is 12.6. The molecule has 2 bridgehead atoms. The Morgan fingerprint density at radius 1 is 1.00 bits per heavy atom. The Labute approximate surface area is 219 Å². The normalized spacial score (nSPS) is 25.2. The minimum absolute atomic E-state index is 0.00656. The third-order valence-electron chi connectivity index (χ3n) is 7.94. The van der Waals surface area contributed by atoms with E-state index in [1.165, 1.54) is 18.2 Å². The van der Waals surface area contributed by atoms with Crippen molar-refractivity contribution in [3.8, 4) is 11.1 Å². The molecule has 2 aliphatic rings. The van der Waals surface area contributed by atoms with Crippen LogP contribution >= 0.6 is 11.6 Å². The van der Waals surface area contributed by atoms with Gasteiger partial charge in [0.15, 0.2) is 21.5 Å². The van der Waals surface area contributed by atoms with Gasteiger partial charge in [-0.25, -0.2) is 17.2 Å². The molecule has 2 N–H and O–H groups in total. The number of rotatable bonds is 5. The molecule has 5 nitrogen and oxygen atoms in total. The molecular formula is C28H26ClF2NO4S. The van der Waals surface area contributed by atoms with E-state index in [2.05, 4.69) is 5.32 Å². The van der Waals surface area contributed by atoms with E-state index in [1.807, 2.05) is 0 Å². The van der Waals surface area contributed by atoms with Gasteiger partial charge in [0.1, 0.15) is 0 Å². The van der Waals surface area contributed by atoms with Gasteiger partial charge >= 0.3 is 0 Å². The Hall–Kier alpha value is -2.81. The van der Waals surface area contributed by atoms with Gasteiger partial charge in [-0.15, -0.1) is 0 Å². The first kappa shape index (κ1) is 25.8. The van der Waals surface area contributed by atoms with Gasteiger partial charge in [-0.2, -0.15) is 0 Å². The molecule has 0 heterocycles. The summed E-state index contributed by atoms with van der Waals surface area (Å²) in [6.45, 7) is 1.78. The zero-order valence-corrected chi connectivity index (χ0v) is 21.6. The molecule has 0 saturated heterocycles. The van der Waals surface area contributed by atoms with Gasteiger partial charge < -0.3 is 10.4 Å². The van der Waals surface area contributed by atoms with Gasteiger partial charge in [0, 0.05) is 17.3 Å². The van der Waals surface area contributed by atoms with Gasteiger partial charge in [-0.05, 0) is 79.8 Å². The Balaban J connectivity index is 1.57. The van der Waals surface area contributed by atoms with Crippen LogP contribution in [-0.2, 0) is 9.84 Å². The van der Waals surface area contributed by atoms with Crippen LogP contribution in [0.1, 0.15) is 43.0 Å². The third kappa shape index (κ3) is 4.67. The highest BCUT2D eigenvalue weighted by atomic mass is 35.5. The predicted octanol–water partition coefficient (Wildman–Crippen LogP) is 6.25. The monoisotopic (exact) mass is 545 g/mol. The van der Waals surface area contributed by atoms with Crippen molar-refractivity contribution in [2.45, 2.75) is 48.4 Å². The Morgan fingerprint density at radius 3 is 2.27 bits per heavy atom. The highest BCUT2D eigenvalue weighted by molar-refractivity contribution is 7.92. The molecule has 2 aliphatic carbocycles. The molecule has 194 valence electrons. The summed E-state index contributed by atoms with van der Waals surface area (Å²) in [7, 11) is -3.94. The van der Waals surface area contributed by atoms with Crippen molar-refractivity contribution in [2.24, 2.45) is 11.8 Å². The summed E-state index contributed by atoms with van der Waals surface area (Å²) in [6, 6.07) is 14.6. The van der Waals surface area contributed by atoms with Crippen LogP contribution in [0.2, 0.25) is 5.02 Å². The number of hydrogen-bond donors (Lipinski definition) is 2. The summed E-state index contributed by atoms with van der Waals surface area (Å²) in [5.41, 5.74) is 0.201. The lowest BCUT2D eigenvalue weighted by Crippen LogP contribution is -2.45. The second-order valence-electron chi connectivity index (χ2n) is 10.1. The van der Waals surface area contributed by atoms with Gasteiger partial charge in [-0.1, -0.05) is 41.9 Å². The molecule has 0 aromatic heterocycles. The number of hydrogen-bond acceptors (Lipinski definition) is 4. The number of anilines is 1. The van der Waals surface area contributed by atoms with Crippen LogP contribution in [0.25, 0.3) is 11.1 Å². The number of nitrogens with one attached hydrogen (secondary N) is 1. The van der Waals surface area contributed by atoms with Crippen LogP contribution in [0.3, 0.4) is 0 Å². The van der Waals surface area contributed by atoms with E-state index >= 15 is 0 Å². The topological polar surface area (TPSA) is 83.5 Å². The van der Waals surface area contributed by atoms with Crippen LogP contribution < -0.4 is 5.32 Å². The highest BCUT2D eigenvalue weighted by Gasteiger charge is 2.53. The largest absolute Gasteiger partial charge is 0.390 e. The minimum Gasteiger partial charge on any atom is -0.390 e. The molecule has 0 spiro atoms. The number of fused-ring (bicyclic) bond motifs is 2. The molecule has 2 fully saturated rings. The number of carbonyl (C=O) groups is 1. The lowest BCUT2D eigenvalue weighted by Gasteiger charge is -2.40. The Morgan fingerprint density at radius 2 is 1.65 bits per heavy atom. The van der Waals surface area contributed by atoms with E-state index < -0.39 is 38.2 Å². The smallest absolute Gasteiger partial charge is 0.256 e. The average molecular weight is 546 g/mol. The van der Waals surface area contributed by atoms with Crippen LogP contribution in [0.5, 0.6) is 0 Å². The molecule has 9 heteroatoms. The number of carbonyl (C=O) groups excluding carboxylic acids is 1.